The van der Waals surface area contributed by atoms with Crippen molar-refractivity contribution >= 4 is 39.1 Å². The van der Waals surface area contributed by atoms with E-state index < -0.39 is 0 Å². The van der Waals surface area contributed by atoms with Crippen LogP contribution in [0.15, 0.2) is 63.5 Å². The van der Waals surface area contributed by atoms with Crippen LogP contribution in [0.1, 0.15) is 36.7 Å². The zero-order valence-corrected chi connectivity index (χ0v) is 18.4. The fourth-order valence-corrected chi connectivity index (χ4v) is 3.11. The predicted molar refractivity (Wildman–Crippen MR) is 121 cm³/mol. The van der Waals surface area contributed by atoms with Gasteiger partial charge in [0.2, 0.25) is 5.91 Å². The number of halogens is 1. The second-order valence-electron chi connectivity index (χ2n) is 6.69. The van der Waals surface area contributed by atoms with Crippen LogP contribution in [0.3, 0.4) is 0 Å². The molecule has 0 unspecified atom stereocenters. The summed E-state index contributed by atoms with van der Waals surface area (Å²) in [6.07, 6.45) is 2.23. The van der Waals surface area contributed by atoms with Gasteiger partial charge in [-0.2, -0.15) is 0 Å². The molecule has 0 fully saturated rings. The molecule has 0 saturated heterocycles. The van der Waals surface area contributed by atoms with E-state index >= 15 is 0 Å². The van der Waals surface area contributed by atoms with Crippen molar-refractivity contribution in [2.45, 2.75) is 26.2 Å². The maximum absolute atomic E-state index is 12.6. The van der Waals surface area contributed by atoms with Gasteiger partial charge >= 0.3 is 0 Å². The molecule has 0 aliphatic carbocycles. The Balaban J connectivity index is 1.69. The first-order chi connectivity index (χ1) is 14.5. The van der Waals surface area contributed by atoms with Crippen molar-refractivity contribution < 1.29 is 18.7 Å². The standard InChI is InChI=1S/C23H23BrN2O4/c1-3-4-5-22(27)26-18-11-10-17(14-21(18)29-2)25-23(28)20-13-12-19(30-20)15-6-8-16(24)9-7-15/h6-14H,3-5H2,1-2H3,(H,25,28)(H,26,27). The summed E-state index contributed by atoms with van der Waals surface area (Å²) in [7, 11) is 1.51. The Kier molecular flexibility index (Phi) is 7.30. The van der Waals surface area contributed by atoms with Gasteiger partial charge in [-0.15, -0.1) is 0 Å². The first kappa shape index (κ1) is 21.6. The van der Waals surface area contributed by atoms with Crippen LogP contribution >= 0.6 is 15.9 Å². The highest BCUT2D eigenvalue weighted by Crippen LogP contribution is 2.29. The third kappa shape index (κ3) is 5.51. The lowest BCUT2D eigenvalue weighted by Crippen LogP contribution is -2.13. The van der Waals surface area contributed by atoms with E-state index in [1.54, 1.807) is 30.3 Å². The van der Waals surface area contributed by atoms with Crippen LogP contribution in [-0.4, -0.2) is 18.9 Å². The zero-order valence-electron chi connectivity index (χ0n) is 16.8. The van der Waals surface area contributed by atoms with Gasteiger partial charge in [-0.25, -0.2) is 0 Å². The molecular weight excluding hydrogens is 448 g/mol. The summed E-state index contributed by atoms with van der Waals surface area (Å²) in [4.78, 5) is 24.5. The minimum Gasteiger partial charge on any atom is -0.494 e. The van der Waals surface area contributed by atoms with Crippen LogP contribution in [0.2, 0.25) is 0 Å². The van der Waals surface area contributed by atoms with Crippen molar-refractivity contribution in [2.24, 2.45) is 0 Å². The molecule has 6 nitrogen and oxygen atoms in total. The highest BCUT2D eigenvalue weighted by molar-refractivity contribution is 9.10. The first-order valence-corrected chi connectivity index (χ1v) is 10.4. The minimum atomic E-state index is -0.375. The molecule has 3 aromatic rings. The van der Waals surface area contributed by atoms with E-state index in [9.17, 15) is 9.59 Å². The summed E-state index contributed by atoms with van der Waals surface area (Å²) < 4.78 is 12.0. The van der Waals surface area contributed by atoms with Crippen LogP contribution in [-0.2, 0) is 4.79 Å². The molecule has 7 heteroatoms. The van der Waals surface area contributed by atoms with Gasteiger partial charge in [0.1, 0.15) is 11.5 Å². The van der Waals surface area contributed by atoms with E-state index in [0.29, 0.717) is 29.3 Å². The summed E-state index contributed by atoms with van der Waals surface area (Å²) >= 11 is 3.40. The molecule has 0 spiro atoms. The number of methoxy groups -OCH3 is 1. The molecule has 0 saturated carbocycles. The van der Waals surface area contributed by atoms with E-state index in [1.165, 1.54) is 7.11 Å². The molecule has 0 radical (unpaired) electrons. The molecule has 0 bridgehead atoms. The summed E-state index contributed by atoms with van der Waals surface area (Å²) in [5.74, 6) is 0.829. The maximum atomic E-state index is 12.6. The molecule has 30 heavy (non-hydrogen) atoms. The van der Waals surface area contributed by atoms with Crippen LogP contribution in [0.5, 0.6) is 5.75 Å². The van der Waals surface area contributed by atoms with Gasteiger partial charge in [0.15, 0.2) is 5.76 Å². The number of anilines is 2. The molecule has 2 aromatic carbocycles. The van der Waals surface area contributed by atoms with Gasteiger partial charge in [-0.3, -0.25) is 9.59 Å². The van der Waals surface area contributed by atoms with Crippen molar-refractivity contribution in [1.82, 2.24) is 0 Å². The van der Waals surface area contributed by atoms with Crippen molar-refractivity contribution in [2.75, 3.05) is 17.7 Å². The van der Waals surface area contributed by atoms with Gasteiger partial charge in [0, 0.05) is 28.2 Å². The summed E-state index contributed by atoms with van der Waals surface area (Å²) in [5, 5.41) is 5.62. The Hall–Kier alpha value is -3.06. The molecule has 1 aromatic heterocycles. The monoisotopic (exact) mass is 470 g/mol. The number of amides is 2. The highest BCUT2D eigenvalue weighted by atomic mass is 79.9. The Morgan fingerprint density at radius 3 is 2.50 bits per heavy atom. The van der Waals surface area contributed by atoms with Crippen molar-refractivity contribution in [3.05, 3.63) is 64.8 Å². The number of carbonyl (C=O) groups excluding carboxylic acids is 2. The van der Waals surface area contributed by atoms with Gasteiger partial charge < -0.3 is 19.8 Å². The number of hydrogen-bond acceptors (Lipinski definition) is 4. The van der Waals surface area contributed by atoms with E-state index in [1.807, 2.05) is 31.2 Å². The minimum absolute atomic E-state index is 0.0667. The SMILES string of the molecule is CCCCC(=O)Nc1ccc(NC(=O)c2ccc(-c3ccc(Br)cc3)o2)cc1OC. The van der Waals surface area contributed by atoms with E-state index in [-0.39, 0.29) is 17.6 Å². The number of hydrogen-bond donors (Lipinski definition) is 2. The quantitative estimate of drug-likeness (QED) is 0.416. The normalized spacial score (nSPS) is 10.5. The Morgan fingerprint density at radius 2 is 1.80 bits per heavy atom. The number of benzene rings is 2. The van der Waals surface area contributed by atoms with Crippen LogP contribution in [0.4, 0.5) is 11.4 Å². The second kappa shape index (κ2) is 10.1. The predicted octanol–water partition coefficient (Wildman–Crippen LogP) is 6.10. The summed E-state index contributed by atoms with van der Waals surface area (Å²) in [6, 6.07) is 16.1. The van der Waals surface area contributed by atoms with Crippen molar-refractivity contribution in [1.29, 1.82) is 0 Å². The molecule has 0 atom stereocenters. The Labute approximate surface area is 183 Å². The van der Waals surface area contributed by atoms with Gasteiger partial charge in [-0.05, 0) is 42.8 Å². The van der Waals surface area contributed by atoms with Gasteiger partial charge in [-0.1, -0.05) is 41.4 Å². The number of furan rings is 1. The largest absolute Gasteiger partial charge is 0.494 e. The molecule has 1 heterocycles. The fourth-order valence-electron chi connectivity index (χ4n) is 2.84. The van der Waals surface area contributed by atoms with Crippen LogP contribution < -0.4 is 15.4 Å². The van der Waals surface area contributed by atoms with Gasteiger partial charge in [0.05, 0.1) is 12.8 Å². The third-order valence-electron chi connectivity index (χ3n) is 4.45. The zero-order chi connectivity index (χ0) is 21.5. The summed E-state index contributed by atoms with van der Waals surface area (Å²) in [5.41, 5.74) is 1.97. The average molecular weight is 471 g/mol. The molecule has 3 rings (SSSR count). The molecular formula is C23H23BrN2O4. The van der Waals surface area contributed by atoms with Gasteiger partial charge in [0.25, 0.3) is 5.91 Å². The molecule has 2 amide bonds. The number of rotatable bonds is 8. The average Bonchev–Trinajstić information content (AvgIpc) is 3.24. The number of unbranched alkanes of at least 4 members (excludes halogenated alkanes) is 1. The third-order valence-corrected chi connectivity index (χ3v) is 4.98. The first-order valence-electron chi connectivity index (χ1n) is 9.65. The van der Waals surface area contributed by atoms with E-state index in [4.69, 9.17) is 9.15 Å². The van der Waals surface area contributed by atoms with Crippen LogP contribution in [0, 0.1) is 0 Å². The fraction of sp³-hybridized carbons (Fsp3) is 0.217. The lowest BCUT2D eigenvalue weighted by molar-refractivity contribution is -0.116. The number of ether oxygens (including phenoxy) is 1. The van der Waals surface area contributed by atoms with E-state index in [0.717, 1.165) is 22.9 Å². The molecule has 0 aliphatic rings. The molecule has 156 valence electrons. The van der Waals surface area contributed by atoms with E-state index in [2.05, 4.69) is 26.6 Å². The Morgan fingerprint density at radius 1 is 1.03 bits per heavy atom. The van der Waals surface area contributed by atoms with Crippen LogP contribution in [0.25, 0.3) is 11.3 Å². The lowest BCUT2D eigenvalue weighted by Gasteiger charge is -2.12. The molecule has 2 N–H and O–H groups in total. The van der Waals surface area contributed by atoms with Crippen molar-refractivity contribution in [3.8, 4) is 17.1 Å². The Bertz CT molecular complexity index is 1030. The maximum Gasteiger partial charge on any atom is 0.291 e. The topological polar surface area (TPSA) is 80.6 Å². The second-order valence-corrected chi connectivity index (χ2v) is 7.61. The number of carbonyl (C=O) groups is 2. The number of nitrogens with one attached hydrogen (secondary N) is 2. The summed E-state index contributed by atoms with van der Waals surface area (Å²) in [6.45, 7) is 2.03. The smallest absolute Gasteiger partial charge is 0.291 e. The molecule has 0 aliphatic heterocycles. The lowest BCUT2D eigenvalue weighted by atomic mass is 10.2. The highest BCUT2D eigenvalue weighted by Gasteiger charge is 2.14. The van der Waals surface area contributed by atoms with Crippen molar-refractivity contribution in [3.63, 3.8) is 0 Å².